The maximum atomic E-state index is 7.08. The molecule has 0 N–H and O–H groups in total. The summed E-state index contributed by atoms with van der Waals surface area (Å²) in [5.74, 6) is 0. The van der Waals surface area contributed by atoms with Gasteiger partial charge in [-0.05, 0) is 99.9 Å². The summed E-state index contributed by atoms with van der Waals surface area (Å²) in [6.45, 7) is 22.5. The van der Waals surface area contributed by atoms with Gasteiger partial charge in [0.2, 0.25) is 0 Å². The molecule has 0 radical (unpaired) electrons. The largest absolute Gasteiger partial charge is 0.455 e. The van der Waals surface area contributed by atoms with Gasteiger partial charge < -0.3 is 14.2 Å². The molecule has 0 bridgehead atoms. The summed E-state index contributed by atoms with van der Waals surface area (Å²) in [5.41, 5.74) is 11.6. The Bertz CT molecular complexity index is 3300. The summed E-state index contributed by atoms with van der Waals surface area (Å²) in [4.78, 5) is 4.68. The molecule has 0 saturated carbocycles. The van der Waals surface area contributed by atoms with Crippen LogP contribution in [0.2, 0.25) is 39.3 Å². The normalized spacial score (nSPS) is 12.7. The number of nitrogens with zero attached hydrogens (tertiary/aromatic N) is 2. The molecule has 0 spiro atoms. The summed E-state index contributed by atoms with van der Waals surface area (Å²) in [7, 11) is -2.93. The quantitative estimate of drug-likeness (QED) is 0.0694. The van der Waals surface area contributed by atoms with Crippen LogP contribution in [0.25, 0.3) is 60.3 Å². The third kappa shape index (κ3) is 8.14. The lowest BCUT2D eigenvalue weighted by Gasteiger charge is -2.28. The summed E-state index contributed by atoms with van der Waals surface area (Å²) < 4.78 is 7.08. The van der Waals surface area contributed by atoms with E-state index in [4.69, 9.17) is 4.42 Å². The molecule has 9 aromatic rings. The Morgan fingerprint density at radius 1 is 0.556 bits per heavy atom. The van der Waals surface area contributed by atoms with E-state index < -0.39 is 16.1 Å². The number of anilines is 5. The van der Waals surface area contributed by atoms with Crippen molar-refractivity contribution in [1.82, 2.24) is 0 Å². The van der Waals surface area contributed by atoms with Gasteiger partial charge in [-0.15, -0.1) is 0 Å². The molecule has 63 heavy (non-hydrogen) atoms. The minimum atomic E-state index is -1.50. The van der Waals surface area contributed by atoms with Crippen molar-refractivity contribution >= 4 is 110 Å². The van der Waals surface area contributed by atoms with Gasteiger partial charge in [-0.25, -0.2) is 0 Å². The van der Waals surface area contributed by atoms with Crippen LogP contribution >= 0.6 is 0 Å². The molecule has 0 aliphatic heterocycles. The van der Waals surface area contributed by atoms with Gasteiger partial charge in [-0.2, -0.15) is 0 Å². The SMILES string of the molecule is C=C/C=C\c1cccc(N(c2ccc([Si](C)(C)C)cc2)c2ccc3c(c2)oc2c4ccc(N(/C(C=C)=C/C=C/[Si](C)(C)C)c5cccc6ccccc56)cc4c4ccccc4c32)c1. The number of fused-ring (bicyclic) bond motifs is 9. The zero-order chi connectivity index (χ0) is 43.9. The van der Waals surface area contributed by atoms with Crippen LogP contribution < -0.4 is 15.0 Å². The predicted octanol–water partition coefficient (Wildman–Crippen LogP) is 16.9. The first kappa shape index (κ1) is 41.4. The van der Waals surface area contributed by atoms with Crippen LogP contribution in [0.1, 0.15) is 5.56 Å². The van der Waals surface area contributed by atoms with E-state index in [0.29, 0.717) is 0 Å². The number of hydrogen-bond acceptors (Lipinski definition) is 3. The molecule has 0 saturated heterocycles. The zero-order valence-electron chi connectivity index (χ0n) is 37.2. The number of allylic oxidation sites excluding steroid dienone is 5. The first-order valence-corrected chi connectivity index (χ1v) is 28.9. The van der Waals surface area contributed by atoms with Crippen molar-refractivity contribution < 1.29 is 4.42 Å². The van der Waals surface area contributed by atoms with E-state index in [1.807, 2.05) is 18.2 Å². The van der Waals surface area contributed by atoms with Gasteiger partial charge in [0.15, 0.2) is 0 Å². The molecule has 0 aliphatic rings. The molecule has 8 aromatic carbocycles. The Hall–Kier alpha value is -6.93. The Kier molecular flexibility index (Phi) is 11.0. The molecule has 310 valence electrons. The molecule has 0 unspecified atom stereocenters. The van der Waals surface area contributed by atoms with Crippen LogP contribution in [-0.4, -0.2) is 16.1 Å². The number of benzene rings is 8. The van der Waals surface area contributed by atoms with Gasteiger partial charge in [-0.3, -0.25) is 0 Å². The van der Waals surface area contributed by atoms with E-state index >= 15 is 0 Å². The van der Waals surface area contributed by atoms with Crippen molar-refractivity contribution in [2.45, 2.75) is 39.3 Å². The fourth-order valence-electron chi connectivity index (χ4n) is 8.71. The first-order chi connectivity index (χ1) is 30.4. The molecule has 1 aromatic heterocycles. The highest BCUT2D eigenvalue weighted by Gasteiger charge is 2.23. The zero-order valence-corrected chi connectivity index (χ0v) is 39.2. The number of furan rings is 1. The van der Waals surface area contributed by atoms with Crippen molar-refractivity contribution in [3.63, 3.8) is 0 Å². The van der Waals surface area contributed by atoms with Crippen LogP contribution in [-0.2, 0) is 0 Å². The third-order valence-electron chi connectivity index (χ3n) is 11.8. The lowest BCUT2D eigenvalue weighted by Crippen LogP contribution is -2.37. The van der Waals surface area contributed by atoms with Gasteiger partial charge in [0.1, 0.15) is 11.2 Å². The van der Waals surface area contributed by atoms with E-state index in [9.17, 15) is 0 Å². The molecule has 0 amide bonds. The number of rotatable bonds is 12. The molecule has 1 heterocycles. The number of hydrogen-bond donors (Lipinski definition) is 0. The van der Waals surface area contributed by atoms with E-state index in [0.717, 1.165) is 72.4 Å². The van der Waals surface area contributed by atoms with Gasteiger partial charge in [0.05, 0.1) is 21.8 Å². The lowest BCUT2D eigenvalue weighted by molar-refractivity contribution is 0.673. The van der Waals surface area contributed by atoms with Crippen LogP contribution in [0.5, 0.6) is 0 Å². The minimum absolute atomic E-state index is 0.846. The summed E-state index contributed by atoms with van der Waals surface area (Å²) in [6, 6.07) is 55.2. The lowest BCUT2D eigenvalue weighted by atomic mass is 9.96. The third-order valence-corrected chi connectivity index (χ3v) is 15.1. The highest BCUT2D eigenvalue weighted by molar-refractivity contribution is 6.88. The van der Waals surface area contributed by atoms with E-state index in [-0.39, 0.29) is 0 Å². The Morgan fingerprint density at radius 2 is 1.22 bits per heavy atom. The van der Waals surface area contributed by atoms with Crippen molar-refractivity contribution in [3.05, 3.63) is 212 Å². The average molecular weight is 851 g/mol. The standard InChI is InChI=1S/C58H54N2OSi2/c1-9-11-19-41-20-16-23-45(38-41)59(44-29-33-48(34-30-44)63(6,7)8)47-32-36-53-56(40-47)61-58-52-35-31-46(39-54(52)50-26-14-15-27-51(50)57(53)58)60(43(10-2)24-18-37-62(3,4)5)55-28-17-22-42-21-12-13-25-49(42)55/h9-40H,1-2H2,3-8H3/b19-11-,37-18+,43-24+. The monoisotopic (exact) mass is 850 g/mol. The smallest absolute Gasteiger partial charge is 0.143 e. The fraction of sp³-hybridized carbons (Fsp3) is 0.103. The fourth-order valence-corrected chi connectivity index (χ4v) is 10.6. The maximum absolute atomic E-state index is 7.08. The Morgan fingerprint density at radius 3 is 1.97 bits per heavy atom. The summed E-state index contributed by atoms with van der Waals surface area (Å²) >= 11 is 0. The molecule has 0 fully saturated rings. The maximum Gasteiger partial charge on any atom is 0.143 e. The van der Waals surface area contributed by atoms with E-state index in [2.05, 4.69) is 238 Å². The van der Waals surface area contributed by atoms with Crippen molar-refractivity contribution in [3.8, 4) is 0 Å². The molecule has 5 heteroatoms. The Labute approximate surface area is 373 Å². The van der Waals surface area contributed by atoms with Crippen LogP contribution in [0.4, 0.5) is 28.4 Å². The molecular formula is C58H54N2OSi2. The van der Waals surface area contributed by atoms with Crippen molar-refractivity contribution in [2.75, 3.05) is 9.80 Å². The van der Waals surface area contributed by atoms with Gasteiger partial charge >= 0.3 is 0 Å². The molecular weight excluding hydrogens is 797 g/mol. The van der Waals surface area contributed by atoms with Crippen molar-refractivity contribution in [1.29, 1.82) is 0 Å². The predicted molar refractivity (Wildman–Crippen MR) is 282 cm³/mol. The van der Waals surface area contributed by atoms with E-state index in [1.165, 1.54) is 26.7 Å². The molecule has 9 rings (SSSR count). The molecule has 0 aliphatic carbocycles. The Balaban J connectivity index is 1.25. The summed E-state index contributed by atoms with van der Waals surface area (Å²) in [6.07, 6.45) is 12.3. The molecule has 0 atom stereocenters. The second-order valence-electron chi connectivity index (χ2n) is 18.4. The second kappa shape index (κ2) is 16.7. The van der Waals surface area contributed by atoms with E-state index in [1.54, 1.807) is 0 Å². The van der Waals surface area contributed by atoms with Crippen molar-refractivity contribution in [2.24, 2.45) is 0 Å². The van der Waals surface area contributed by atoms with Crippen LogP contribution in [0, 0.1) is 0 Å². The van der Waals surface area contributed by atoms with Gasteiger partial charge in [-0.1, -0.05) is 173 Å². The van der Waals surface area contributed by atoms with Crippen LogP contribution in [0.3, 0.4) is 0 Å². The van der Waals surface area contributed by atoms with Gasteiger partial charge in [0, 0.05) is 56.1 Å². The highest BCUT2D eigenvalue weighted by atomic mass is 28.3. The average Bonchev–Trinajstić information content (AvgIpc) is 3.67. The highest BCUT2D eigenvalue weighted by Crippen LogP contribution is 2.45. The molecule has 3 nitrogen and oxygen atoms in total. The topological polar surface area (TPSA) is 19.6 Å². The van der Waals surface area contributed by atoms with Crippen LogP contribution in [0.15, 0.2) is 211 Å². The summed E-state index contributed by atoms with van der Waals surface area (Å²) in [5, 5.41) is 10.6. The first-order valence-electron chi connectivity index (χ1n) is 21.8. The van der Waals surface area contributed by atoms with Gasteiger partial charge in [0.25, 0.3) is 0 Å². The second-order valence-corrected chi connectivity index (χ2v) is 28.6. The minimum Gasteiger partial charge on any atom is -0.455 e.